The van der Waals surface area contributed by atoms with Gasteiger partial charge in [-0.25, -0.2) is 9.97 Å². The normalized spacial score (nSPS) is 11.3. The molecule has 32 heavy (non-hydrogen) atoms. The molecule has 4 aromatic carbocycles. The van der Waals surface area contributed by atoms with Gasteiger partial charge in [-0.15, -0.1) is 0 Å². The number of benzene rings is 4. The fourth-order valence-electron chi connectivity index (χ4n) is 4.52. The molecule has 0 radical (unpaired) electrons. The van der Waals surface area contributed by atoms with Crippen molar-refractivity contribution >= 4 is 28.8 Å². The van der Waals surface area contributed by atoms with Gasteiger partial charge in [0.25, 0.3) is 0 Å². The zero-order valence-electron chi connectivity index (χ0n) is 18.0. The summed E-state index contributed by atoms with van der Waals surface area (Å²) in [5.41, 5.74) is 2.17. The van der Waals surface area contributed by atoms with Crippen molar-refractivity contribution in [2.24, 2.45) is 0 Å². The molecule has 0 saturated carbocycles. The van der Waals surface area contributed by atoms with E-state index >= 15 is 0 Å². The van der Waals surface area contributed by atoms with Crippen LogP contribution in [0.2, 0.25) is 0 Å². The van der Waals surface area contributed by atoms with Crippen molar-refractivity contribution in [2.45, 2.75) is 6.92 Å². The molecule has 0 saturated heterocycles. The second-order valence-electron chi connectivity index (χ2n) is 7.94. The summed E-state index contributed by atoms with van der Waals surface area (Å²) in [5.74, 6) is 0.786. The Morgan fingerprint density at radius 2 is 0.812 bits per heavy atom. The number of hydrogen-bond donors (Lipinski definition) is 0. The first-order chi connectivity index (χ1) is 15.8. The third-order valence-electron chi connectivity index (χ3n) is 6.05. The van der Waals surface area contributed by atoms with E-state index in [2.05, 4.69) is 125 Å². The lowest BCUT2D eigenvalue weighted by atomic mass is 10.1. The van der Waals surface area contributed by atoms with Crippen molar-refractivity contribution in [3.63, 3.8) is 0 Å². The molecule has 0 aliphatic heterocycles. The van der Waals surface area contributed by atoms with Gasteiger partial charge < -0.3 is 0 Å². The van der Waals surface area contributed by atoms with Gasteiger partial charge in [-0.05, 0) is 33.2 Å². The van der Waals surface area contributed by atoms with Crippen LogP contribution in [0, 0.1) is 6.92 Å². The molecule has 0 aliphatic rings. The number of rotatable bonds is 5. The summed E-state index contributed by atoms with van der Waals surface area (Å²) >= 11 is 0. The molecule has 0 fully saturated rings. The number of hydrogen-bond acceptors (Lipinski definition) is 2. The SMILES string of the molecule is Cc1ncc(-c2ccc([Si](c3ccccc3)(c3ccccc3)c3ccccc3)cc2)cn1. The predicted octanol–water partition coefficient (Wildman–Crippen LogP) is 3.83. The van der Waals surface area contributed by atoms with Gasteiger partial charge in [0.05, 0.1) is 0 Å². The molecule has 0 N–H and O–H groups in total. The van der Waals surface area contributed by atoms with Crippen LogP contribution in [0.5, 0.6) is 0 Å². The molecule has 0 spiro atoms. The van der Waals surface area contributed by atoms with Gasteiger partial charge in [0.2, 0.25) is 0 Å². The smallest absolute Gasteiger partial charge is 0.179 e. The maximum absolute atomic E-state index is 4.37. The standard InChI is InChI=1S/C29H24N2Si/c1-23-30-21-25(22-31-23)24-17-19-29(20-18-24)32(26-11-5-2-6-12-26,27-13-7-3-8-14-27)28-15-9-4-10-16-28/h2-22H,1H3. The first-order valence-corrected chi connectivity index (χ1v) is 12.8. The third kappa shape index (κ3) is 3.57. The Labute approximate surface area is 190 Å². The summed E-state index contributed by atoms with van der Waals surface area (Å²) in [6, 6.07) is 41.9. The van der Waals surface area contributed by atoms with Crippen LogP contribution in [0.3, 0.4) is 0 Å². The van der Waals surface area contributed by atoms with E-state index in [1.165, 1.54) is 20.7 Å². The third-order valence-corrected chi connectivity index (χ3v) is 10.9. The summed E-state index contributed by atoms with van der Waals surface area (Å²) in [6.07, 6.45) is 3.79. The van der Waals surface area contributed by atoms with Crippen LogP contribution < -0.4 is 20.7 Å². The molecule has 5 aromatic rings. The van der Waals surface area contributed by atoms with E-state index < -0.39 is 8.07 Å². The highest BCUT2D eigenvalue weighted by Crippen LogP contribution is 2.18. The van der Waals surface area contributed by atoms with E-state index in [9.17, 15) is 0 Å². The average Bonchev–Trinajstić information content (AvgIpc) is 2.88. The fourth-order valence-corrected chi connectivity index (χ4v) is 9.26. The van der Waals surface area contributed by atoms with E-state index in [0.717, 1.165) is 17.0 Å². The molecule has 0 atom stereocenters. The highest BCUT2D eigenvalue weighted by molar-refractivity contribution is 7.19. The van der Waals surface area contributed by atoms with E-state index in [4.69, 9.17) is 0 Å². The summed E-state index contributed by atoms with van der Waals surface area (Å²) in [7, 11) is -2.46. The van der Waals surface area contributed by atoms with E-state index in [1.54, 1.807) is 0 Å². The fraction of sp³-hybridized carbons (Fsp3) is 0.0345. The molecule has 0 amide bonds. The molecule has 2 nitrogen and oxygen atoms in total. The molecule has 0 aliphatic carbocycles. The number of nitrogens with zero attached hydrogens (tertiary/aromatic N) is 2. The second kappa shape index (κ2) is 8.73. The monoisotopic (exact) mass is 428 g/mol. The lowest BCUT2D eigenvalue weighted by Gasteiger charge is -2.34. The van der Waals surface area contributed by atoms with Crippen LogP contribution in [0.4, 0.5) is 0 Å². The van der Waals surface area contributed by atoms with Crippen molar-refractivity contribution in [1.82, 2.24) is 9.97 Å². The largest absolute Gasteiger partial charge is 0.241 e. The van der Waals surface area contributed by atoms with Crippen LogP contribution >= 0.6 is 0 Å². The van der Waals surface area contributed by atoms with E-state index in [0.29, 0.717) is 0 Å². The Morgan fingerprint density at radius 1 is 0.438 bits per heavy atom. The quantitative estimate of drug-likeness (QED) is 0.314. The Balaban J connectivity index is 1.76. The molecular formula is C29H24N2Si. The highest BCUT2D eigenvalue weighted by atomic mass is 28.3. The first kappa shape index (κ1) is 20.1. The average molecular weight is 429 g/mol. The Morgan fingerprint density at radius 3 is 1.22 bits per heavy atom. The van der Waals surface area contributed by atoms with E-state index in [1.807, 2.05) is 19.3 Å². The molecule has 0 unspecified atom stereocenters. The highest BCUT2D eigenvalue weighted by Gasteiger charge is 2.41. The van der Waals surface area contributed by atoms with E-state index in [-0.39, 0.29) is 0 Å². The Bertz CT molecular complexity index is 1190. The summed E-state index contributed by atoms with van der Waals surface area (Å²) < 4.78 is 0. The van der Waals surface area contributed by atoms with Gasteiger partial charge in [0.15, 0.2) is 8.07 Å². The van der Waals surface area contributed by atoms with Gasteiger partial charge in [0, 0.05) is 18.0 Å². The minimum absolute atomic E-state index is 0.786. The molecule has 0 bridgehead atoms. The van der Waals surface area contributed by atoms with Gasteiger partial charge in [-0.1, -0.05) is 115 Å². The minimum atomic E-state index is -2.46. The topological polar surface area (TPSA) is 25.8 Å². The van der Waals surface area contributed by atoms with Crippen LogP contribution in [-0.4, -0.2) is 18.0 Å². The lowest BCUT2D eigenvalue weighted by molar-refractivity contribution is 1.06. The maximum Gasteiger partial charge on any atom is 0.179 e. The molecule has 3 heteroatoms. The van der Waals surface area contributed by atoms with Crippen molar-refractivity contribution in [2.75, 3.05) is 0 Å². The molecular weight excluding hydrogens is 404 g/mol. The van der Waals surface area contributed by atoms with Crippen LogP contribution in [0.1, 0.15) is 5.82 Å². The number of aryl methyl sites for hydroxylation is 1. The zero-order chi connectivity index (χ0) is 21.8. The summed E-state index contributed by atoms with van der Waals surface area (Å²) in [5, 5.41) is 5.49. The second-order valence-corrected chi connectivity index (χ2v) is 11.8. The van der Waals surface area contributed by atoms with Crippen molar-refractivity contribution in [3.8, 4) is 11.1 Å². The lowest BCUT2D eigenvalue weighted by Crippen LogP contribution is -2.74. The minimum Gasteiger partial charge on any atom is -0.241 e. The molecule has 1 heterocycles. The molecule has 154 valence electrons. The van der Waals surface area contributed by atoms with Gasteiger partial charge >= 0.3 is 0 Å². The molecule has 5 rings (SSSR count). The van der Waals surface area contributed by atoms with Crippen LogP contribution in [0.25, 0.3) is 11.1 Å². The van der Waals surface area contributed by atoms with Crippen molar-refractivity contribution in [1.29, 1.82) is 0 Å². The maximum atomic E-state index is 4.37. The Kier molecular flexibility index (Phi) is 5.49. The van der Waals surface area contributed by atoms with Gasteiger partial charge in [-0.2, -0.15) is 0 Å². The van der Waals surface area contributed by atoms with Crippen molar-refractivity contribution < 1.29 is 0 Å². The summed E-state index contributed by atoms with van der Waals surface area (Å²) in [4.78, 5) is 8.73. The van der Waals surface area contributed by atoms with Gasteiger partial charge in [-0.3, -0.25) is 0 Å². The van der Waals surface area contributed by atoms with Gasteiger partial charge in [0.1, 0.15) is 5.82 Å². The summed E-state index contributed by atoms with van der Waals surface area (Å²) in [6.45, 7) is 1.91. The molecule has 1 aromatic heterocycles. The first-order valence-electron chi connectivity index (χ1n) is 10.8. The Hall–Kier alpha value is -3.82. The predicted molar refractivity (Wildman–Crippen MR) is 136 cm³/mol. The number of aromatic nitrogens is 2. The van der Waals surface area contributed by atoms with Crippen molar-refractivity contribution in [3.05, 3.63) is 133 Å². The van der Waals surface area contributed by atoms with Crippen LogP contribution in [-0.2, 0) is 0 Å². The zero-order valence-corrected chi connectivity index (χ0v) is 19.0. The van der Waals surface area contributed by atoms with Crippen LogP contribution in [0.15, 0.2) is 128 Å².